The van der Waals surface area contributed by atoms with Crippen molar-refractivity contribution in [2.75, 3.05) is 19.8 Å². The van der Waals surface area contributed by atoms with Gasteiger partial charge in [-0.2, -0.15) is 25.3 Å². The minimum atomic E-state index is -3.96. The van der Waals surface area contributed by atoms with Crippen LogP contribution in [-0.4, -0.2) is 45.1 Å². The average molecular weight is 673 g/mol. The summed E-state index contributed by atoms with van der Waals surface area (Å²) in [6.07, 6.45) is 0.699. The first-order valence-corrected chi connectivity index (χ1v) is 18.5. The molecule has 12 heteroatoms. The van der Waals surface area contributed by atoms with Gasteiger partial charge in [0.25, 0.3) is 30.4 Å². The summed E-state index contributed by atoms with van der Waals surface area (Å²) < 4.78 is 91.7. The zero-order valence-corrected chi connectivity index (χ0v) is 27.8. The van der Waals surface area contributed by atoms with E-state index in [1.165, 1.54) is 36.4 Å². The largest absolute Gasteiger partial charge is 0.296 e. The van der Waals surface area contributed by atoms with Crippen LogP contribution < -0.4 is 0 Å². The maximum Gasteiger partial charge on any atom is 0.296 e. The molecule has 0 radical (unpaired) electrons. The monoisotopic (exact) mass is 672 g/mol. The summed E-state index contributed by atoms with van der Waals surface area (Å²) in [5, 5.41) is 0. The van der Waals surface area contributed by atoms with Crippen LogP contribution >= 0.6 is 0 Å². The van der Waals surface area contributed by atoms with E-state index in [1.54, 1.807) is 36.4 Å². The van der Waals surface area contributed by atoms with E-state index in [0.29, 0.717) is 0 Å². The Labute approximate surface area is 266 Å². The summed E-state index contributed by atoms with van der Waals surface area (Å²) in [4.78, 5) is 0.171. The van der Waals surface area contributed by atoms with E-state index in [0.717, 1.165) is 33.4 Å². The Morgan fingerprint density at radius 2 is 0.622 bits per heavy atom. The Morgan fingerprint density at radius 3 is 0.844 bits per heavy atom. The van der Waals surface area contributed by atoms with Gasteiger partial charge < -0.3 is 0 Å². The lowest BCUT2D eigenvalue weighted by atomic mass is 10.0. The number of rotatable bonds is 15. The maximum atomic E-state index is 12.6. The van der Waals surface area contributed by atoms with Crippen molar-refractivity contribution in [1.29, 1.82) is 0 Å². The molecule has 4 rings (SSSR count). The second kappa shape index (κ2) is 14.8. The van der Waals surface area contributed by atoms with Crippen LogP contribution in [0, 0.1) is 20.8 Å². The van der Waals surface area contributed by atoms with Gasteiger partial charge in [-0.05, 0) is 93.1 Å². The highest BCUT2D eigenvalue weighted by molar-refractivity contribution is 7.87. The van der Waals surface area contributed by atoms with Crippen molar-refractivity contribution in [1.82, 2.24) is 0 Å². The normalized spacial score (nSPS) is 12.3. The van der Waals surface area contributed by atoms with Crippen molar-refractivity contribution in [3.8, 4) is 0 Å². The molecule has 0 bridgehead atoms. The predicted molar refractivity (Wildman–Crippen MR) is 171 cm³/mol. The third-order valence-corrected chi connectivity index (χ3v) is 10.9. The third-order valence-electron chi connectivity index (χ3n) is 6.93. The third kappa shape index (κ3) is 10.1. The first-order valence-electron chi connectivity index (χ1n) is 14.2. The summed E-state index contributed by atoms with van der Waals surface area (Å²) in [6, 6.07) is 24.5. The van der Waals surface area contributed by atoms with Gasteiger partial charge in [0, 0.05) is 0 Å². The van der Waals surface area contributed by atoms with Crippen LogP contribution in [0.3, 0.4) is 0 Å². The Balaban J connectivity index is 1.45. The van der Waals surface area contributed by atoms with E-state index in [9.17, 15) is 25.3 Å². The first-order chi connectivity index (χ1) is 21.2. The highest BCUT2D eigenvalue weighted by Gasteiger charge is 2.18. The van der Waals surface area contributed by atoms with Gasteiger partial charge in [0.05, 0.1) is 34.5 Å². The van der Waals surface area contributed by atoms with Gasteiger partial charge >= 0.3 is 0 Å². The van der Waals surface area contributed by atoms with Gasteiger partial charge in [-0.15, -0.1) is 0 Å². The molecule has 0 saturated carbocycles. The molecule has 45 heavy (non-hydrogen) atoms. The maximum absolute atomic E-state index is 12.6. The summed E-state index contributed by atoms with van der Waals surface area (Å²) in [6.45, 7) is 5.18. The van der Waals surface area contributed by atoms with E-state index >= 15 is 0 Å². The van der Waals surface area contributed by atoms with Crippen LogP contribution in [0.15, 0.2) is 106 Å². The second-order valence-electron chi connectivity index (χ2n) is 10.7. The van der Waals surface area contributed by atoms with Crippen molar-refractivity contribution in [3.63, 3.8) is 0 Å². The van der Waals surface area contributed by atoms with Gasteiger partial charge in [0.1, 0.15) is 0 Å². The molecule has 0 atom stereocenters. The van der Waals surface area contributed by atoms with Gasteiger partial charge in [-0.3, -0.25) is 12.5 Å². The van der Waals surface area contributed by atoms with Crippen molar-refractivity contribution < 1.29 is 37.8 Å². The number of hydrogen-bond acceptors (Lipinski definition) is 9. The molecule has 240 valence electrons. The Bertz CT molecular complexity index is 1680. The Hall–Kier alpha value is -3.39. The zero-order valence-electron chi connectivity index (χ0n) is 25.3. The summed E-state index contributed by atoms with van der Waals surface area (Å²) in [5.41, 5.74) is 4.94. The minimum Gasteiger partial charge on any atom is -0.266 e. The molecule has 0 aliphatic carbocycles. The fourth-order valence-electron chi connectivity index (χ4n) is 4.40. The molecule has 0 spiro atoms. The molecule has 0 unspecified atom stereocenters. The van der Waals surface area contributed by atoms with Gasteiger partial charge in [0.15, 0.2) is 0 Å². The van der Waals surface area contributed by atoms with E-state index in [4.69, 9.17) is 12.5 Å². The lowest BCUT2D eigenvalue weighted by Gasteiger charge is -2.12. The van der Waals surface area contributed by atoms with E-state index in [-0.39, 0.29) is 53.8 Å². The van der Waals surface area contributed by atoms with E-state index < -0.39 is 30.4 Å². The molecule has 0 heterocycles. The standard InChI is InChI=1S/C33H36O9S3/c1-25-4-10-31(11-5-25)43(34,35)40-19-16-28-22-29(17-20-41-44(36,37)32-12-6-26(2)7-13-32)24-30(23-28)18-21-42-45(38,39)33-14-8-27(3)9-15-33/h4-15,22-24H,16-21H2,1-3H3. The van der Waals surface area contributed by atoms with Gasteiger partial charge in [0.2, 0.25) is 0 Å². The molecule has 0 aromatic heterocycles. The molecule has 0 fully saturated rings. The van der Waals surface area contributed by atoms with Crippen molar-refractivity contribution in [2.24, 2.45) is 0 Å². The fourth-order valence-corrected chi connectivity index (χ4v) is 7.12. The SMILES string of the molecule is Cc1ccc(S(=O)(=O)OCCc2cc(CCOS(=O)(=O)c3ccc(C)cc3)cc(CCOS(=O)(=O)c3ccc(C)cc3)c2)cc1. The molecule has 0 amide bonds. The second-order valence-corrected chi connectivity index (χ2v) is 15.5. The fraction of sp³-hybridized carbons (Fsp3) is 0.273. The molecule has 0 aliphatic heterocycles. The molecular formula is C33H36O9S3. The van der Waals surface area contributed by atoms with Gasteiger partial charge in [-0.25, -0.2) is 0 Å². The Morgan fingerprint density at radius 1 is 0.400 bits per heavy atom. The van der Waals surface area contributed by atoms with Crippen LogP contribution in [0.1, 0.15) is 33.4 Å². The summed E-state index contributed by atoms with van der Waals surface area (Å²) in [7, 11) is -11.9. The minimum absolute atomic E-state index is 0.0569. The molecule has 0 saturated heterocycles. The highest BCUT2D eigenvalue weighted by atomic mass is 32.2. The van der Waals surface area contributed by atoms with Crippen LogP contribution in [0.5, 0.6) is 0 Å². The van der Waals surface area contributed by atoms with Crippen LogP contribution in [-0.2, 0) is 62.2 Å². The van der Waals surface area contributed by atoms with Crippen molar-refractivity contribution in [3.05, 3.63) is 124 Å². The quantitative estimate of drug-likeness (QED) is 0.151. The molecule has 0 N–H and O–H groups in total. The average Bonchev–Trinajstić information content (AvgIpc) is 2.97. The first kappa shape index (κ1) is 34.5. The molecule has 4 aromatic rings. The number of hydrogen-bond donors (Lipinski definition) is 0. The summed E-state index contributed by atoms with van der Waals surface area (Å²) in [5.74, 6) is 0. The number of benzene rings is 4. The molecule has 4 aromatic carbocycles. The predicted octanol–water partition coefficient (Wildman–Crippen LogP) is 5.46. The van der Waals surface area contributed by atoms with E-state index in [1.807, 2.05) is 39.0 Å². The molecule has 9 nitrogen and oxygen atoms in total. The number of aryl methyl sites for hydroxylation is 3. The van der Waals surface area contributed by atoms with Crippen LogP contribution in [0.2, 0.25) is 0 Å². The zero-order chi connectivity index (χ0) is 32.7. The lowest BCUT2D eigenvalue weighted by Crippen LogP contribution is -2.12. The van der Waals surface area contributed by atoms with E-state index in [2.05, 4.69) is 0 Å². The molecule has 0 aliphatic rings. The topological polar surface area (TPSA) is 130 Å². The molecular weight excluding hydrogens is 637 g/mol. The van der Waals surface area contributed by atoms with Crippen LogP contribution in [0.4, 0.5) is 0 Å². The lowest BCUT2D eigenvalue weighted by molar-refractivity contribution is 0.320. The Kier molecular flexibility index (Phi) is 11.3. The smallest absolute Gasteiger partial charge is 0.266 e. The highest BCUT2D eigenvalue weighted by Crippen LogP contribution is 2.19. The van der Waals surface area contributed by atoms with Crippen molar-refractivity contribution >= 4 is 30.4 Å². The van der Waals surface area contributed by atoms with Crippen LogP contribution in [0.25, 0.3) is 0 Å². The van der Waals surface area contributed by atoms with Gasteiger partial charge in [-0.1, -0.05) is 71.3 Å². The van der Waals surface area contributed by atoms with Crippen molar-refractivity contribution in [2.45, 2.75) is 54.7 Å². The summed E-state index contributed by atoms with van der Waals surface area (Å²) >= 11 is 0.